The van der Waals surface area contributed by atoms with Gasteiger partial charge in [0.1, 0.15) is 0 Å². The Morgan fingerprint density at radius 2 is 2.38 bits per heavy atom. The predicted molar refractivity (Wildman–Crippen MR) is 66.8 cm³/mol. The molecular weight excluding hydrogens is 268 g/mol. The largest absolute Gasteiger partial charge is 0.337 e. The molecule has 2 heterocycles. The quantitative estimate of drug-likeness (QED) is 0.741. The summed E-state index contributed by atoms with van der Waals surface area (Å²) in [6.07, 6.45) is 3.88. The van der Waals surface area contributed by atoms with Gasteiger partial charge in [0.15, 0.2) is 0 Å². The predicted octanol–water partition coefficient (Wildman–Crippen LogP) is 2.39. The molecule has 0 saturated carbocycles. The summed E-state index contributed by atoms with van der Waals surface area (Å²) in [5, 5.41) is 0. The third-order valence-electron chi connectivity index (χ3n) is 2.81. The number of hydrogen-bond donors (Lipinski definition) is 0. The molecule has 16 heavy (non-hydrogen) atoms. The van der Waals surface area contributed by atoms with Crippen LogP contribution in [-0.4, -0.2) is 33.7 Å². The number of likely N-dealkylation sites (tertiary alicyclic amines) is 1. The number of aromatic nitrogens is 1. The maximum atomic E-state index is 12.1. The zero-order chi connectivity index (χ0) is 11.5. The van der Waals surface area contributed by atoms with Crippen LogP contribution in [0.15, 0.2) is 18.3 Å². The number of amides is 1. The minimum absolute atomic E-state index is 0.0941. The smallest absolute Gasteiger partial charge is 0.255 e. The lowest BCUT2D eigenvalue weighted by Gasteiger charge is -2.30. The van der Waals surface area contributed by atoms with Gasteiger partial charge in [0.05, 0.1) is 5.56 Å². The molecule has 1 saturated heterocycles. The van der Waals surface area contributed by atoms with Crippen LogP contribution in [0, 0.1) is 6.92 Å². The number of carbonyl (C=O) groups excluding carboxylic acids is 1. The highest BCUT2D eigenvalue weighted by Gasteiger charge is 2.22. The van der Waals surface area contributed by atoms with Crippen molar-refractivity contribution < 1.29 is 4.79 Å². The maximum absolute atomic E-state index is 12.1. The highest BCUT2D eigenvalue weighted by atomic mass is 79.9. The van der Waals surface area contributed by atoms with E-state index in [1.807, 2.05) is 24.0 Å². The van der Waals surface area contributed by atoms with Crippen molar-refractivity contribution >= 4 is 21.8 Å². The number of alkyl halides is 1. The van der Waals surface area contributed by atoms with Gasteiger partial charge >= 0.3 is 0 Å². The zero-order valence-corrected chi connectivity index (χ0v) is 10.9. The number of halogens is 1. The Hall–Kier alpha value is -0.900. The van der Waals surface area contributed by atoms with E-state index in [-0.39, 0.29) is 5.91 Å². The van der Waals surface area contributed by atoms with E-state index in [9.17, 15) is 4.79 Å². The summed E-state index contributed by atoms with van der Waals surface area (Å²) in [7, 11) is 0. The number of pyridine rings is 1. The van der Waals surface area contributed by atoms with Crippen molar-refractivity contribution in [2.45, 2.75) is 24.6 Å². The molecule has 1 aromatic heterocycles. The second-order valence-electron chi connectivity index (χ2n) is 4.18. The van der Waals surface area contributed by atoms with E-state index >= 15 is 0 Å². The van der Waals surface area contributed by atoms with E-state index in [2.05, 4.69) is 20.9 Å². The highest BCUT2D eigenvalue weighted by molar-refractivity contribution is 9.09. The average molecular weight is 283 g/mol. The molecule has 1 fully saturated rings. The Bertz CT molecular complexity index is 377. The Morgan fingerprint density at radius 1 is 1.56 bits per heavy atom. The summed E-state index contributed by atoms with van der Waals surface area (Å²) >= 11 is 3.57. The number of aryl methyl sites for hydroxylation is 1. The van der Waals surface area contributed by atoms with Gasteiger partial charge in [-0.25, -0.2) is 0 Å². The van der Waals surface area contributed by atoms with Crippen molar-refractivity contribution in [3.8, 4) is 0 Å². The van der Waals surface area contributed by atoms with Crippen LogP contribution in [0.3, 0.4) is 0 Å². The fraction of sp³-hybridized carbons (Fsp3) is 0.500. The van der Waals surface area contributed by atoms with Crippen molar-refractivity contribution in [3.05, 3.63) is 29.6 Å². The third-order valence-corrected chi connectivity index (χ3v) is 3.56. The summed E-state index contributed by atoms with van der Waals surface area (Å²) in [6.45, 7) is 3.57. The van der Waals surface area contributed by atoms with E-state index in [1.54, 1.807) is 6.20 Å². The SMILES string of the molecule is Cc1ccc(C(=O)N2CCCC(Br)C2)cn1. The lowest BCUT2D eigenvalue weighted by Crippen LogP contribution is -2.40. The fourth-order valence-corrected chi connectivity index (χ4v) is 2.56. The van der Waals surface area contributed by atoms with Crippen LogP contribution >= 0.6 is 15.9 Å². The van der Waals surface area contributed by atoms with Crippen LogP contribution in [0.2, 0.25) is 0 Å². The van der Waals surface area contributed by atoms with Crippen LogP contribution < -0.4 is 0 Å². The van der Waals surface area contributed by atoms with Crippen LogP contribution in [0.25, 0.3) is 0 Å². The molecule has 0 spiro atoms. The first-order valence-corrected chi connectivity index (χ1v) is 6.44. The first kappa shape index (κ1) is 11.6. The first-order valence-electron chi connectivity index (χ1n) is 5.53. The molecule has 1 amide bonds. The molecule has 86 valence electrons. The van der Waals surface area contributed by atoms with Crippen molar-refractivity contribution in [3.63, 3.8) is 0 Å². The zero-order valence-electron chi connectivity index (χ0n) is 9.32. The molecule has 1 unspecified atom stereocenters. The van der Waals surface area contributed by atoms with Crippen molar-refractivity contribution in [1.29, 1.82) is 0 Å². The standard InChI is InChI=1S/C12H15BrN2O/c1-9-4-5-10(7-14-9)12(16)15-6-2-3-11(13)8-15/h4-5,7,11H,2-3,6,8H2,1H3. The lowest BCUT2D eigenvalue weighted by atomic mass is 10.1. The maximum Gasteiger partial charge on any atom is 0.255 e. The summed E-state index contributed by atoms with van der Waals surface area (Å²) in [4.78, 5) is 18.6. The molecule has 0 radical (unpaired) electrons. The number of rotatable bonds is 1. The van der Waals surface area contributed by atoms with Gasteiger partial charge in [-0.3, -0.25) is 9.78 Å². The minimum atomic E-state index is 0.0941. The second kappa shape index (κ2) is 4.95. The molecule has 1 atom stereocenters. The van der Waals surface area contributed by atoms with E-state index in [0.29, 0.717) is 10.4 Å². The van der Waals surface area contributed by atoms with E-state index < -0.39 is 0 Å². The van der Waals surface area contributed by atoms with Gasteiger partial charge < -0.3 is 4.90 Å². The minimum Gasteiger partial charge on any atom is -0.337 e. The molecule has 4 heteroatoms. The van der Waals surface area contributed by atoms with Crippen LogP contribution in [-0.2, 0) is 0 Å². The van der Waals surface area contributed by atoms with Gasteiger partial charge in [0, 0.05) is 29.8 Å². The molecule has 0 aromatic carbocycles. The average Bonchev–Trinajstić information content (AvgIpc) is 2.29. The number of hydrogen-bond acceptors (Lipinski definition) is 2. The Morgan fingerprint density at radius 3 is 3.00 bits per heavy atom. The number of piperidine rings is 1. The Balaban J connectivity index is 2.09. The van der Waals surface area contributed by atoms with Gasteiger partial charge in [-0.2, -0.15) is 0 Å². The van der Waals surface area contributed by atoms with Crippen LogP contribution in [0.5, 0.6) is 0 Å². The molecule has 0 aliphatic carbocycles. The molecule has 0 N–H and O–H groups in total. The molecule has 2 rings (SSSR count). The molecule has 0 bridgehead atoms. The van der Waals surface area contributed by atoms with Gasteiger partial charge in [-0.1, -0.05) is 15.9 Å². The summed E-state index contributed by atoms with van der Waals surface area (Å²) < 4.78 is 0. The lowest BCUT2D eigenvalue weighted by molar-refractivity contribution is 0.0729. The molecule has 1 aliphatic heterocycles. The normalized spacial score (nSPS) is 20.9. The molecule has 1 aliphatic rings. The van der Waals surface area contributed by atoms with Gasteiger partial charge in [0.25, 0.3) is 5.91 Å². The van der Waals surface area contributed by atoms with Crippen LogP contribution in [0.1, 0.15) is 28.9 Å². The summed E-state index contributed by atoms with van der Waals surface area (Å²) in [5.41, 5.74) is 1.63. The van der Waals surface area contributed by atoms with Gasteiger partial charge in [0.2, 0.25) is 0 Å². The summed E-state index contributed by atoms with van der Waals surface area (Å²) in [5.74, 6) is 0.0941. The second-order valence-corrected chi connectivity index (χ2v) is 5.47. The highest BCUT2D eigenvalue weighted by Crippen LogP contribution is 2.18. The summed E-state index contributed by atoms with van der Waals surface area (Å²) in [6, 6.07) is 3.73. The van der Waals surface area contributed by atoms with Crippen LogP contribution in [0.4, 0.5) is 0 Å². The molecule has 3 nitrogen and oxygen atoms in total. The molecular formula is C12H15BrN2O. The molecule has 1 aromatic rings. The van der Waals surface area contributed by atoms with Crippen molar-refractivity contribution in [2.24, 2.45) is 0 Å². The third kappa shape index (κ3) is 2.61. The fourth-order valence-electron chi connectivity index (χ4n) is 1.89. The van der Waals surface area contributed by atoms with Gasteiger partial charge in [-0.05, 0) is 31.9 Å². The van der Waals surface area contributed by atoms with E-state index in [4.69, 9.17) is 0 Å². The Labute approximate surface area is 104 Å². The number of nitrogens with zero attached hydrogens (tertiary/aromatic N) is 2. The number of carbonyl (C=O) groups is 1. The van der Waals surface area contributed by atoms with E-state index in [1.165, 1.54) is 0 Å². The van der Waals surface area contributed by atoms with Gasteiger partial charge in [-0.15, -0.1) is 0 Å². The topological polar surface area (TPSA) is 33.2 Å². The van der Waals surface area contributed by atoms with Crippen molar-refractivity contribution in [1.82, 2.24) is 9.88 Å². The van der Waals surface area contributed by atoms with E-state index in [0.717, 1.165) is 31.6 Å². The van der Waals surface area contributed by atoms with Crippen molar-refractivity contribution in [2.75, 3.05) is 13.1 Å². The first-order chi connectivity index (χ1) is 7.66. The monoisotopic (exact) mass is 282 g/mol. The Kier molecular flexibility index (Phi) is 3.59.